The van der Waals surface area contributed by atoms with Gasteiger partial charge in [-0.2, -0.15) is 4.98 Å². The monoisotopic (exact) mass is 203 g/mol. The number of carbonyl (C=O) groups excluding carboxylic acids is 1. The summed E-state index contributed by atoms with van der Waals surface area (Å²) in [6.45, 7) is 0. The predicted molar refractivity (Wildman–Crippen MR) is 51.4 cm³/mol. The van der Waals surface area contributed by atoms with Crippen LogP contribution in [0.25, 0.3) is 10.9 Å². The highest BCUT2D eigenvalue weighted by Crippen LogP contribution is 2.12. The first kappa shape index (κ1) is 9.20. The van der Waals surface area contributed by atoms with E-state index in [4.69, 9.17) is 0 Å². The van der Waals surface area contributed by atoms with Gasteiger partial charge < -0.3 is 4.74 Å². The maximum Gasteiger partial charge on any atom is 0.478 e. The summed E-state index contributed by atoms with van der Waals surface area (Å²) in [5, 5.41) is 2.89. The van der Waals surface area contributed by atoms with Crippen LogP contribution in [0.2, 0.25) is 0 Å². The Kier molecular flexibility index (Phi) is 2.32. The lowest BCUT2D eigenvalue weighted by molar-refractivity contribution is 0.207. The molecular weight excluding hydrogens is 198 g/mol. The second-order valence-corrected chi connectivity index (χ2v) is 2.67. The van der Waals surface area contributed by atoms with E-state index in [1.807, 2.05) is 12.1 Å². The summed E-state index contributed by atoms with van der Waals surface area (Å²) in [7, 11) is 0. The van der Waals surface area contributed by atoms with Crippen molar-refractivity contribution in [2.24, 2.45) is 5.18 Å². The number of aromatic nitrogens is 2. The van der Waals surface area contributed by atoms with E-state index in [9.17, 15) is 9.70 Å². The summed E-state index contributed by atoms with van der Waals surface area (Å²) >= 11 is 0. The van der Waals surface area contributed by atoms with Crippen molar-refractivity contribution in [1.29, 1.82) is 0 Å². The number of fused-ring (bicyclic) bond motifs is 1. The molecule has 0 saturated heterocycles. The van der Waals surface area contributed by atoms with E-state index in [-0.39, 0.29) is 6.01 Å². The Hall–Kier alpha value is -2.37. The van der Waals surface area contributed by atoms with Gasteiger partial charge in [0.1, 0.15) is 0 Å². The molecule has 15 heavy (non-hydrogen) atoms. The molecule has 6 heteroatoms. The molecule has 1 aromatic heterocycles. The van der Waals surface area contributed by atoms with Crippen molar-refractivity contribution >= 4 is 17.0 Å². The zero-order chi connectivity index (χ0) is 10.7. The van der Waals surface area contributed by atoms with Crippen LogP contribution in [0, 0.1) is 4.91 Å². The Bertz CT molecular complexity index is 527. The first-order valence-electron chi connectivity index (χ1n) is 4.06. The van der Waals surface area contributed by atoms with Crippen LogP contribution in [-0.2, 0) is 0 Å². The summed E-state index contributed by atoms with van der Waals surface area (Å²) < 4.78 is 4.43. The number of carbonyl (C=O) groups is 1. The Morgan fingerprint density at radius 3 is 2.93 bits per heavy atom. The molecule has 0 aliphatic carbocycles. The average molecular weight is 203 g/mol. The van der Waals surface area contributed by atoms with Gasteiger partial charge >= 0.3 is 12.1 Å². The van der Waals surface area contributed by atoms with E-state index in [1.165, 1.54) is 6.20 Å². The van der Waals surface area contributed by atoms with Gasteiger partial charge in [-0.3, -0.25) is 0 Å². The molecule has 0 fully saturated rings. The minimum Gasteiger partial charge on any atom is -0.370 e. The second-order valence-electron chi connectivity index (χ2n) is 2.67. The van der Waals surface area contributed by atoms with Crippen molar-refractivity contribution in [3.05, 3.63) is 35.4 Å². The smallest absolute Gasteiger partial charge is 0.370 e. The quantitative estimate of drug-likeness (QED) is 0.661. The molecule has 2 rings (SSSR count). The van der Waals surface area contributed by atoms with Crippen molar-refractivity contribution < 1.29 is 9.53 Å². The number of ether oxygens (including phenoxy) is 1. The summed E-state index contributed by atoms with van der Waals surface area (Å²) in [6.07, 6.45) is 0.237. The fourth-order valence-electron chi connectivity index (χ4n) is 1.10. The lowest BCUT2D eigenvalue weighted by Gasteiger charge is -1.98. The minimum absolute atomic E-state index is 0.182. The fraction of sp³-hybridized carbons (Fsp3) is 0. The summed E-state index contributed by atoms with van der Waals surface area (Å²) in [6, 6.07) is 7.00. The molecule has 0 aliphatic rings. The summed E-state index contributed by atoms with van der Waals surface area (Å²) in [5.74, 6) is 0. The normalized spacial score (nSPS) is 9.87. The van der Waals surface area contributed by atoms with Gasteiger partial charge in [0.05, 0.1) is 10.7 Å². The van der Waals surface area contributed by atoms with E-state index in [1.54, 1.807) is 12.1 Å². The number of para-hydroxylation sites is 1. The molecule has 1 heterocycles. The SMILES string of the molecule is O=NC(=O)Oc1ncc2ccccc2n1. The highest BCUT2D eigenvalue weighted by Gasteiger charge is 2.06. The molecule has 0 spiro atoms. The molecule has 74 valence electrons. The Labute approximate surface area is 83.9 Å². The Morgan fingerprint density at radius 1 is 1.33 bits per heavy atom. The third-order valence-corrected chi connectivity index (χ3v) is 1.72. The van der Waals surface area contributed by atoms with Gasteiger partial charge in [0.25, 0.3) is 0 Å². The van der Waals surface area contributed by atoms with Crippen molar-refractivity contribution in [1.82, 2.24) is 9.97 Å². The number of hydrogen-bond donors (Lipinski definition) is 0. The molecule has 2 aromatic rings. The lowest BCUT2D eigenvalue weighted by Crippen LogP contribution is -2.04. The minimum atomic E-state index is -1.26. The standard InChI is InChI=1S/C9H5N3O3/c13-9(12-14)15-8-10-5-6-3-1-2-4-7(6)11-8/h1-5H. The fourth-order valence-corrected chi connectivity index (χ4v) is 1.10. The van der Waals surface area contributed by atoms with Gasteiger partial charge in [-0.25, -0.2) is 9.78 Å². The van der Waals surface area contributed by atoms with E-state index < -0.39 is 6.09 Å². The first-order chi connectivity index (χ1) is 7.29. The number of nitroso groups, excluding NO2 is 1. The number of benzene rings is 1. The molecule has 0 aliphatic heterocycles. The number of rotatable bonds is 1. The molecule has 0 bridgehead atoms. The predicted octanol–water partition coefficient (Wildman–Crippen LogP) is 1.89. The van der Waals surface area contributed by atoms with E-state index >= 15 is 0 Å². The highest BCUT2D eigenvalue weighted by molar-refractivity contribution is 5.78. The van der Waals surface area contributed by atoms with Gasteiger partial charge in [-0.05, 0) is 6.07 Å². The van der Waals surface area contributed by atoms with Crippen molar-refractivity contribution in [3.8, 4) is 6.01 Å². The third kappa shape index (κ3) is 1.93. The van der Waals surface area contributed by atoms with Crippen LogP contribution in [0.1, 0.15) is 0 Å². The van der Waals surface area contributed by atoms with E-state index in [0.29, 0.717) is 5.52 Å². The van der Waals surface area contributed by atoms with E-state index in [2.05, 4.69) is 19.9 Å². The molecule has 0 atom stereocenters. The number of amides is 1. The molecule has 0 radical (unpaired) electrons. The lowest BCUT2D eigenvalue weighted by atomic mass is 10.2. The maximum absolute atomic E-state index is 10.5. The van der Waals surface area contributed by atoms with Crippen LogP contribution in [0.15, 0.2) is 35.6 Å². The van der Waals surface area contributed by atoms with Gasteiger partial charge in [0, 0.05) is 11.6 Å². The Balaban J connectivity index is 2.38. The average Bonchev–Trinajstić information content (AvgIpc) is 2.29. The van der Waals surface area contributed by atoms with Gasteiger partial charge in [0.15, 0.2) is 0 Å². The summed E-state index contributed by atoms with van der Waals surface area (Å²) in [4.78, 5) is 28.0. The van der Waals surface area contributed by atoms with Crippen molar-refractivity contribution in [2.45, 2.75) is 0 Å². The van der Waals surface area contributed by atoms with Gasteiger partial charge in [-0.15, -0.1) is 4.91 Å². The Morgan fingerprint density at radius 2 is 2.13 bits per heavy atom. The van der Waals surface area contributed by atoms with Gasteiger partial charge in [-0.1, -0.05) is 18.2 Å². The van der Waals surface area contributed by atoms with Crippen LogP contribution >= 0.6 is 0 Å². The van der Waals surface area contributed by atoms with Crippen LogP contribution in [0.4, 0.5) is 4.79 Å². The highest BCUT2D eigenvalue weighted by atomic mass is 16.6. The van der Waals surface area contributed by atoms with Crippen LogP contribution in [0.5, 0.6) is 6.01 Å². The molecule has 0 saturated carbocycles. The van der Waals surface area contributed by atoms with Crippen molar-refractivity contribution in [3.63, 3.8) is 0 Å². The molecule has 0 unspecified atom stereocenters. The summed E-state index contributed by atoms with van der Waals surface area (Å²) in [5.41, 5.74) is 0.626. The third-order valence-electron chi connectivity index (χ3n) is 1.72. The van der Waals surface area contributed by atoms with Crippen molar-refractivity contribution in [2.75, 3.05) is 0 Å². The topological polar surface area (TPSA) is 81.5 Å². The van der Waals surface area contributed by atoms with Gasteiger partial charge in [0.2, 0.25) is 0 Å². The zero-order valence-electron chi connectivity index (χ0n) is 7.45. The second kappa shape index (κ2) is 3.79. The number of nitrogens with zero attached hydrogens (tertiary/aromatic N) is 3. The first-order valence-corrected chi connectivity index (χ1v) is 4.06. The molecule has 1 aromatic carbocycles. The molecular formula is C9H5N3O3. The maximum atomic E-state index is 10.5. The molecule has 0 N–H and O–H groups in total. The molecule has 6 nitrogen and oxygen atoms in total. The largest absolute Gasteiger partial charge is 0.478 e. The van der Waals surface area contributed by atoms with Crippen LogP contribution < -0.4 is 4.74 Å². The van der Waals surface area contributed by atoms with Crippen LogP contribution in [0.3, 0.4) is 0 Å². The van der Waals surface area contributed by atoms with E-state index in [0.717, 1.165) is 5.39 Å². The zero-order valence-corrected chi connectivity index (χ0v) is 7.45. The molecule has 1 amide bonds. The van der Waals surface area contributed by atoms with Crippen LogP contribution in [-0.4, -0.2) is 16.1 Å². The number of hydrogen-bond acceptors (Lipinski definition) is 5.